The van der Waals surface area contributed by atoms with Crippen molar-refractivity contribution < 1.29 is 4.74 Å². The maximum absolute atomic E-state index is 5.14. The summed E-state index contributed by atoms with van der Waals surface area (Å²) < 4.78 is 5.14. The van der Waals surface area contributed by atoms with Crippen molar-refractivity contribution in [3.8, 4) is 5.75 Å². The SMILES string of the molecule is COc1ccc(NC2CCN(C)CC2)cc1. The summed E-state index contributed by atoms with van der Waals surface area (Å²) in [6, 6.07) is 8.77. The average Bonchev–Trinajstić information content (AvgIpc) is 2.33. The molecule has 3 heteroatoms. The van der Waals surface area contributed by atoms with Gasteiger partial charge in [0.15, 0.2) is 0 Å². The van der Waals surface area contributed by atoms with Crippen LogP contribution in [0.4, 0.5) is 5.69 Å². The highest BCUT2D eigenvalue weighted by Crippen LogP contribution is 2.18. The summed E-state index contributed by atoms with van der Waals surface area (Å²) in [6.45, 7) is 2.38. The van der Waals surface area contributed by atoms with E-state index in [1.165, 1.54) is 31.6 Å². The number of ether oxygens (including phenoxy) is 1. The molecule has 16 heavy (non-hydrogen) atoms. The minimum Gasteiger partial charge on any atom is -0.497 e. The van der Waals surface area contributed by atoms with Crippen molar-refractivity contribution >= 4 is 5.69 Å². The van der Waals surface area contributed by atoms with E-state index in [0.717, 1.165) is 5.75 Å². The number of rotatable bonds is 3. The Labute approximate surface area is 97.4 Å². The molecule has 1 N–H and O–H groups in total. The third-order valence-electron chi connectivity index (χ3n) is 3.18. The van der Waals surface area contributed by atoms with E-state index in [4.69, 9.17) is 4.74 Å². The normalized spacial score (nSPS) is 18.4. The van der Waals surface area contributed by atoms with Gasteiger partial charge in [0.2, 0.25) is 0 Å². The third-order valence-corrected chi connectivity index (χ3v) is 3.18. The molecule has 0 radical (unpaired) electrons. The van der Waals surface area contributed by atoms with Crippen LogP contribution in [0.5, 0.6) is 5.75 Å². The Morgan fingerprint density at radius 2 is 1.81 bits per heavy atom. The van der Waals surface area contributed by atoms with E-state index in [1.807, 2.05) is 12.1 Å². The Hall–Kier alpha value is -1.22. The van der Waals surface area contributed by atoms with Crippen molar-refractivity contribution in [3.63, 3.8) is 0 Å². The molecule has 0 aromatic heterocycles. The minimum absolute atomic E-state index is 0.615. The molecule has 0 aliphatic carbocycles. The molecule has 1 saturated heterocycles. The maximum atomic E-state index is 5.14. The second-order valence-corrected chi connectivity index (χ2v) is 4.45. The molecule has 0 spiro atoms. The molecule has 0 amide bonds. The minimum atomic E-state index is 0.615. The summed E-state index contributed by atoms with van der Waals surface area (Å²) in [7, 11) is 3.88. The van der Waals surface area contributed by atoms with E-state index >= 15 is 0 Å². The van der Waals surface area contributed by atoms with Gasteiger partial charge in [-0.2, -0.15) is 0 Å². The Bertz CT molecular complexity index is 315. The molecular formula is C13H20N2O. The molecule has 1 heterocycles. The number of likely N-dealkylation sites (tertiary alicyclic amines) is 1. The first-order valence-corrected chi connectivity index (χ1v) is 5.87. The maximum Gasteiger partial charge on any atom is 0.119 e. The van der Waals surface area contributed by atoms with Gasteiger partial charge in [-0.3, -0.25) is 0 Å². The van der Waals surface area contributed by atoms with E-state index < -0.39 is 0 Å². The molecule has 1 aromatic carbocycles. The second-order valence-electron chi connectivity index (χ2n) is 4.45. The Balaban J connectivity index is 1.88. The molecule has 1 aliphatic heterocycles. The number of nitrogens with one attached hydrogen (secondary N) is 1. The topological polar surface area (TPSA) is 24.5 Å². The lowest BCUT2D eigenvalue weighted by Gasteiger charge is -2.30. The van der Waals surface area contributed by atoms with Crippen LogP contribution >= 0.6 is 0 Å². The van der Waals surface area contributed by atoms with Gasteiger partial charge in [-0.05, 0) is 57.2 Å². The van der Waals surface area contributed by atoms with Crippen LogP contribution in [0.25, 0.3) is 0 Å². The lowest BCUT2D eigenvalue weighted by atomic mass is 10.1. The van der Waals surface area contributed by atoms with E-state index in [0.29, 0.717) is 6.04 Å². The van der Waals surface area contributed by atoms with E-state index in [-0.39, 0.29) is 0 Å². The van der Waals surface area contributed by atoms with Gasteiger partial charge in [-0.15, -0.1) is 0 Å². The number of piperidine rings is 1. The lowest BCUT2D eigenvalue weighted by molar-refractivity contribution is 0.264. The fraction of sp³-hybridized carbons (Fsp3) is 0.538. The zero-order chi connectivity index (χ0) is 11.4. The van der Waals surface area contributed by atoms with Crippen LogP contribution in [0.15, 0.2) is 24.3 Å². The van der Waals surface area contributed by atoms with Crippen molar-refractivity contribution in [1.29, 1.82) is 0 Å². The molecule has 0 bridgehead atoms. The van der Waals surface area contributed by atoms with Crippen molar-refractivity contribution in [3.05, 3.63) is 24.3 Å². The Morgan fingerprint density at radius 3 is 2.38 bits per heavy atom. The fourth-order valence-corrected chi connectivity index (χ4v) is 2.08. The standard InChI is InChI=1S/C13H20N2O/c1-15-9-7-12(8-10-15)14-11-3-5-13(16-2)6-4-11/h3-6,12,14H,7-10H2,1-2H3. The van der Waals surface area contributed by atoms with E-state index in [9.17, 15) is 0 Å². The summed E-state index contributed by atoms with van der Waals surface area (Å²) in [6.07, 6.45) is 2.45. The van der Waals surface area contributed by atoms with Crippen molar-refractivity contribution in [2.75, 3.05) is 32.6 Å². The first kappa shape index (κ1) is 11.3. The lowest BCUT2D eigenvalue weighted by Crippen LogP contribution is -2.36. The van der Waals surface area contributed by atoms with Gasteiger partial charge in [0.1, 0.15) is 5.75 Å². The molecule has 88 valence electrons. The highest BCUT2D eigenvalue weighted by molar-refractivity contribution is 5.47. The molecule has 3 nitrogen and oxygen atoms in total. The van der Waals surface area contributed by atoms with Crippen molar-refractivity contribution in [2.24, 2.45) is 0 Å². The monoisotopic (exact) mass is 220 g/mol. The summed E-state index contributed by atoms with van der Waals surface area (Å²) in [5.74, 6) is 0.911. The molecule has 2 rings (SSSR count). The number of methoxy groups -OCH3 is 1. The zero-order valence-electron chi connectivity index (χ0n) is 10.1. The first-order chi connectivity index (χ1) is 7.78. The van der Waals surface area contributed by atoms with Gasteiger partial charge in [-0.1, -0.05) is 0 Å². The van der Waals surface area contributed by atoms with Crippen molar-refractivity contribution in [2.45, 2.75) is 18.9 Å². The molecule has 1 aromatic rings. The highest BCUT2D eigenvalue weighted by atomic mass is 16.5. The first-order valence-electron chi connectivity index (χ1n) is 5.87. The predicted octanol–water partition coefficient (Wildman–Crippen LogP) is 2.20. The summed E-state index contributed by atoms with van der Waals surface area (Å²) in [4.78, 5) is 2.38. The van der Waals surface area contributed by atoms with Gasteiger partial charge < -0.3 is 15.0 Å². The van der Waals surface area contributed by atoms with Gasteiger partial charge in [-0.25, -0.2) is 0 Å². The van der Waals surface area contributed by atoms with Crippen LogP contribution in [0.1, 0.15) is 12.8 Å². The quantitative estimate of drug-likeness (QED) is 0.845. The highest BCUT2D eigenvalue weighted by Gasteiger charge is 2.15. The number of anilines is 1. The molecular weight excluding hydrogens is 200 g/mol. The third kappa shape index (κ3) is 2.89. The molecule has 1 fully saturated rings. The number of benzene rings is 1. The molecule has 0 atom stereocenters. The van der Waals surface area contributed by atoms with Crippen LogP contribution in [-0.2, 0) is 0 Å². The van der Waals surface area contributed by atoms with Crippen LogP contribution < -0.4 is 10.1 Å². The Kier molecular flexibility index (Phi) is 3.67. The zero-order valence-corrected chi connectivity index (χ0v) is 10.1. The largest absolute Gasteiger partial charge is 0.497 e. The smallest absolute Gasteiger partial charge is 0.119 e. The van der Waals surface area contributed by atoms with E-state index in [1.54, 1.807) is 7.11 Å². The predicted molar refractivity (Wildman–Crippen MR) is 67.1 cm³/mol. The van der Waals surface area contributed by atoms with Crippen LogP contribution in [-0.4, -0.2) is 38.2 Å². The summed E-state index contributed by atoms with van der Waals surface area (Å²) in [5.41, 5.74) is 1.19. The summed E-state index contributed by atoms with van der Waals surface area (Å²) in [5, 5.41) is 3.57. The van der Waals surface area contributed by atoms with Gasteiger partial charge >= 0.3 is 0 Å². The van der Waals surface area contributed by atoms with Gasteiger partial charge in [0, 0.05) is 11.7 Å². The molecule has 1 aliphatic rings. The van der Waals surface area contributed by atoms with E-state index in [2.05, 4.69) is 29.4 Å². The second kappa shape index (κ2) is 5.21. The van der Waals surface area contributed by atoms with Crippen LogP contribution in [0.2, 0.25) is 0 Å². The number of nitrogens with zero attached hydrogens (tertiary/aromatic N) is 1. The molecule has 0 saturated carbocycles. The van der Waals surface area contributed by atoms with Crippen LogP contribution in [0, 0.1) is 0 Å². The van der Waals surface area contributed by atoms with Crippen LogP contribution in [0.3, 0.4) is 0 Å². The fourth-order valence-electron chi connectivity index (χ4n) is 2.08. The number of hydrogen-bond acceptors (Lipinski definition) is 3. The Morgan fingerprint density at radius 1 is 1.19 bits per heavy atom. The average molecular weight is 220 g/mol. The molecule has 0 unspecified atom stereocenters. The van der Waals surface area contributed by atoms with Gasteiger partial charge in [0.25, 0.3) is 0 Å². The van der Waals surface area contributed by atoms with Gasteiger partial charge in [0.05, 0.1) is 7.11 Å². The summed E-state index contributed by atoms with van der Waals surface area (Å²) >= 11 is 0. The number of hydrogen-bond donors (Lipinski definition) is 1. The van der Waals surface area contributed by atoms with Crippen molar-refractivity contribution in [1.82, 2.24) is 4.90 Å².